The third-order valence-electron chi connectivity index (χ3n) is 5.01. The summed E-state index contributed by atoms with van der Waals surface area (Å²) in [6.45, 7) is 1.41. The Balaban J connectivity index is 1.42. The van der Waals surface area contributed by atoms with Crippen LogP contribution < -0.4 is 0 Å². The van der Waals surface area contributed by atoms with Gasteiger partial charge in [-0.1, -0.05) is 18.2 Å². The van der Waals surface area contributed by atoms with Crippen LogP contribution in [-0.2, 0) is 9.47 Å². The van der Waals surface area contributed by atoms with Crippen LogP contribution in [0.4, 0.5) is 0 Å². The number of carbonyl (C=O) groups is 1. The second kappa shape index (κ2) is 5.52. The number of carbonyl (C=O) groups excluding carboxylic acids is 1. The third kappa shape index (κ3) is 2.46. The number of aromatic nitrogens is 1. The van der Waals surface area contributed by atoms with Crippen LogP contribution in [0.5, 0.6) is 0 Å². The van der Waals surface area contributed by atoms with Gasteiger partial charge < -0.3 is 9.47 Å². The molecular weight excluding hydrogens is 278 g/mol. The van der Waals surface area contributed by atoms with Gasteiger partial charge in [-0.05, 0) is 30.9 Å². The first-order valence-corrected chi connectivity index (χ1v) is 8.13. The van der Waals surface area contributed by atoms with Gasteiger partial charge in [0.15, 0.2) is 5.79 Å². The Hall–Kier alpha value is -1.65. The van der Waals surface area contributed by atoms with Gasteiger partial charge in [0.25, 0.3) is 0 Å². The first-order valence-electron chi connectivity index (χ1n) is 8.13. The number of hydrogen-bond acceptors (Lipinski definition) is 3. The first kappa shape index (κ1) is 14.0. The lowest BCUT2D eigenvalue weighted by Gasteiger charge is -2.35. The Morgan fingerprint density at radius 2 is 1.86 bits per heavy atom. The summed E-state index contributed by atoms with van der Waals surface area (Å²) >= 11 is 0. The van der Waals surface area contributed by atoms with E-state index < -0.39 is 0 Å². The molecule has 1 spiro atoms. The predicted octanol–water partition coefficient (Wildman–Crippen LogP) is 3.60. The van der Waals surface area contributed by atoms with Crippen LogP contribution >= 0.6 is 0 Å². The fourth-order valence-corrected chi connectivity index (χ4v) is 3.75. The van der Waals surface area contributed by atoms with Crippen molar-refractivity contribution in [2.24, 2.45) is 5.92 Å². The molecule has 0 bridgehead atoms. The molecule has 0 N–H and O–H groups in total. The van der Waals surface area contributed by atoms with Crippen molar-refractivity contribution < 1.29 is 14.3 Å². The van der Waals surface area contributed by atoms with Crippen molar-refractivity contribution in [3.8, 4) is 0 Å². The topological polar surface area (TPSA) is 40.5 Å². The Morgan fingerprint density at radius 3 is 2.64 bits per heavy atom. The highest BCUT2D eigenvalue weighted by atomic mass is 16.7. The molecule has 2 heterocycles. The largest absolute Gasteiger partial charge is 0.348 e. The lowest BCUT2D eigenvalue weighted by molar-refractivity contribution is -0.182. The second-order valence-corrected chi connectivity index (χ2v) is 6.39. The summed E-state index contributed by atoms with van der Waals surface area (Å²) in [7, 11) is 0. The third-order valence-corrected chi connectivity index (χ3v) is 5.01. The maximum absolute atomic E-state index is 12.6. The fraction of sp³-hybridized carbons (Fsp3) is 0.500. The molecule has 2 fully saturated rings. The van der Waals surface area contributed by atoms with E-state index in [1.54, 1.807) is 4.57 Å². The SMILES string of the molecule is O=C(CC1CCC2(CC1)OCCO2)n1ccc2ccccc21. The molecule has 0 amide bonds. The molecule has 1 saturated heterocycles. The highest BCUT2D eigenvalue weighted by Gasteiger charge is 2.40. The zero-order valence-corrected chi connectivity index (χ0v) is 12.7. The zero-order valence-electron chi connectivity index (χ0n) is 12.7. The summed E-state index contributed by atoms with van der Waals surface area (Å²) in [4.78, 5) is 12.6. The molecule has 2 aliphatic rings. The van der Waals surface area contributed by atoms with Gasteiger partial charge in [0, 0.05) is 30.8 Å². The summed E-state index contributed by atoms with van der Waals surface area (Å²) in [6.07, 6.45) is 6.33. The van der Waals surface area contributed by atoms with E-state index in [-0.39, 0.29) is 11.7 Å². The van der Waals surface area contributed by atoms with Crippen LogP contribution in [0.1, 0.15) is 36.9 Å². The van der Waals surface area contributed by atoms with E-state index in [0.29, 0.717) is 25.6 Å². The van der Waals surface area contributed by atoms with Crippen molar-refractivity contribution in [2.75, 3.05) is 13.2 Å². The van der Waals surface area contributed by atoms with Gasteiger partial charge >= 0.3 is 0 Å². The molecule has 0 radical (unpaired) electrons. The Kier molecular flexibility index (Phi) is 3.51. The highest BCUT2D eigenvalue weighted by Crippen LogP contribution is 2.39. The van der Waals surface area contributed by atoms with E-state index >= 15 is 0 Å². The number of para-hydroxylation sites is 1. The van der Waals surface area contributed by atoms with E-state index in [4.69, 9.17) is 9.47 Å². The molecule has 4 rings (SSSR count). The molecule has 4 nitrogen and oxygen atoms in total. The molecular formula is C18H21NO3. The molecule has 0 atom stereocenters. The molecule has 4 heteroatoms. The molecule has 1 aliphatic carbocycles. The van der Waals surface area contributed by atoms with Gasteiger partial charge in [0.2, 0.25) is 5.91 Å². The van der Waals surface area contributed by atoms with Gasteiger partial charge in [0.05, 0.1) is 18.7 Å². The van der Waals surface area contributed by atoms with E-state index in [9.17, 15) is 4.79 Å². The van der Waals surface area contributed by atoms with Gasteiger partial charge in [0.1, 0.15) is 0 Å². The number of ether oxygens (including phenoxy) is 2. The Morgan fingerprint density at radius 1 is 1.14 bits per heavy atom. The number of nitrogens with zero attached hydrogens (tertiary/aromatic N) is 1. The van der Waals surface area contributed by atoms with Crippen molar-refractivity contribution in [3.05, 3.63) is 36.5 Å². The van der Waals surface area contributed by atoms with Crippen molar-refractivity contribution in [3.63, 3.8) is 0 Å². The minimum absolute atomic E-state index is 0.190. The van der Waals surface area contributed by atoms with E-state index in [1.807, 2.05) is 36.5 Å². The molecule has 116 valence electrons. The lowest BCUT2D eigenvalue weighted by atomic mass is 9.83. The minimum Gasteiger partial charge on any atom is -0.348 e. The molecule has 0 unspecified atom stereocenters. The summed E-state index contributed by atoms with van der Waals surface area (Å²) in [5.74, 6) is 0.294. The summed E-state index contributed by atoms with van der Waals surface area (Å²) < 4.78 is 13.3. The smallest absolute Gasteiger partial charge is 0.231 e. The predicted molar refractivity (Wildman–Crippen MR) is 83.8 cm³/mol. The van der Waals surface area contributed by atoms with E-state index in [0.717, 1.165) is 36.6 Å². The highest BCUT2D eigenvalue weighted by molar-refractivity contribution is 5.92. The van der Waals surface area contributed by atoms with Crippen molar-refractivity contribution in [1.29, 1.82) is 0 Å². The summed E-state index contributed by atoms with van der Waals surface area (Å²) in [5, 5.41) is 1.12. The zero-order chi connectivity index (χ0) is 15.0. The van der Waals surface area contributed by atoms with Crippen molar-refractivity contribution in [2.45, 2.75) is 37.9 Å². The van der Waals surface area contributed by atoms with Crippen LogP contribution in [0.3, 0.4) is 0 Å². The maximum atomic E-state index is 12.6. The van der Waals surface area contributed by atoms with E-state index in [2.05, 4.69) is 0 Å². The molecule has 2 aromatic rings. The minimum atomic E-state index is -0.334. The van der Waals surface area contributed by atoms with Gasteiger partial charge in [-0.15, -0.1) is 0 Å². The quantitative estimate of drug-likeness (QED) is 0.850. The van der Waals surface area contributed by atoms with Gasteiger partial charge in [-0.25, -0.2) is 0 Å². The van der Waals surface area contributed by atoms with Crippen molar-refractivity contribution in [1.82, 2.24) is 4.57 Å². The number of rotatable bonds is 2. The lowest BCUT2D eigenvalue weighted by Crippen LogP contribution is -2.35. The average molecular weight is 299 g/mol. The monoisotopic (exact) mass is 299 g/mol. The van der Waals surface area contributed by atoms with Crippen LogP contribution in [0.2, 0.25) is 0 Å². The first-order chi connectivity index (χ1) is 10.8. The fourth-order valence-electron chi connectivity index (χ4n) is 3.75. The summed E-state index contributed by atoms with van der Waals surface area (Å²) in [6, 6.07) is 10.0. The molecule has 1 aliphatic heterocycles. The van der Waals surface area contributed by atoms with Crippen LogP contribution in [-0.4, -0.2) is 29.5 Å². The van der Waals surface area contributed by atoms with Gasteiger partial charge in [-0.3, -0.25) is 9.36 Å². The van der Waals surface area contributed by atoms with Crippen LogP contribution in [0.25, 0.3) is 10.9 Å². The average Bonchev–Trinajstić information content (AvgIpc) is 3.17. The summed E-state index contributed by atoms with van der Waals surface area (Å²) in [5.41, 5.74) is 1.00. The molecule has 22 heavy (non-hydrogen) atoms. The van der Waals surface area contributed by atoms with Crippen molar-refractivity contribution >= 4 is 16.8 Å². The standard InChI is InChI=1S/C18H21NO3/c20-17(19-10-7-15-3-1-2-4-16(15)19)13-14-5-8-18(9-6-14)21-11-12-22-18/h1-4,7,10,14H,5-6,8-9,11-13H2. The van der Waals surface area contributed by atoms with E-state index in [1.165, 1.54) is 0 Å². The maximum Gasteiger partial charge on any atom is 0.231 e. The number of benzene rings is 1. The van der Waals surface area contributed by atoms with Gasteiger partial charge in [-0.2, -0.15) is 0 Å². The van der Waals surface area contributed by atoms with Crippen LogP contribution in [0, 0.1) is 5.92 Å². The molecule has 1 aromatic heterocycles. The number of hydrogen-bond donors (Lipinski definition) is 0. The van der Waals surface area contributed by atoms with Crippen LogP contribution in [0.15, 0.2) is 36.5 Å². The Bertz CT molecular complexity index is 674. The second-order valence-electron chi connectivity index (χ2n) is 6.39. The molecule has 1 saturated carbocycles. The molecule has 1 aromatic carbocycles. The Labute approximate surface area is 130 Å². The normalized spacial score (nSPS) is 21.6. The number of fused-ring (bicyclic) bond motifs is 1.